The van der Waals surface area contributed by atoms with Crippen LogP contribution in [0.25, 0.3) is 10.9 Å². The highest BCUT2D eigenvalue weighted by Gasteiger charge is 2.22. The average molecular weight is 456 g/mol. The van der Waals surface area contributed by atoms with E-state index in [1.54, 1.807) is 13.3 Å². The zero-order chi connectivity index (χ0) is 23.2. The first-order chi connectivity index (χ1) is 16.0. The number of nitrogens with one attached hydrogen (secondary N) is 1. The van der Waals surface area contributed by atoms with Crippen molar-refractivity contribution in [3.05, 3.63) is 71.4 Å². The number of aromatic nitrogens is 1. The Bertz CT molecular complexity index is 1050. The number of nitrogens with zero attached hydrogens (tertiary/aromatic N) is 2. The van der Waals surface area contributed by atoms with Crippen molar-refractivity contribution in [3.8, 4) is 5.75 Å². The molecule has 0 amide bonds. The summed E-state index contributed by atoms with van der Waals surface area (Å²) in [5, 5.41) is 15.4. The second-order valence-corrected chi connectivity index (χ2v) is 8.71. The summed E-state index contributed by atoms with van der Waals surface area (Å²) < 4.78 is 31.9. The van der Waals surface area contributed by atoms with E-state index in [4.69, 9.17) is 4.74 Å². The zero-order valence-electron chi connectivity index (χ0n) is 18.9. The molecular formula is C26H31F2N3O2. The van der Waals surface area contributed by atoms with E-state index >= 15 is 0 Å². The highest BCUT2D eigenvalue weighted by Crippen LogP contribution is 2.27. The fourth-order valence-corrected chi connectivity index (χ4v) is 4.58. The molecule has 1 aromatic heterocycles. The SMILES string of the molecule is COc1ccc2nccc([C@@H](O)CN3CCC(NCCCc4cc(F)cc(F)c4)CC3)c2c1. The summed E-state index contributed by atoms with van der Waals surface area (Å²) >= 11 is 0. The minimum absolute atomic E-state index is 0.425. The van der Waals surface area contributed by atoms with Crippen molar-refractivity contribution < 1.29 is 18.6 Å². The van der Waals surface area contributed by atoms with E-state index in [-0.39, 0.29) is 0 Å². The average Bonchev–Trinajstić information content (AvgIpc) is 2.81. The molecule has 33 heavy (non-hydrogen) atoms. The first kappa shape index (κ1) is 23.5. The van der Waals surface area contributed by atoms with Gasteiger partial charge in [0.25, 0.3) is 0 Å². The summed E-state index contributed by atoms with van der Waals surface area (Å²) in [6, 6.07) is 11.7. The Labute approximate surface area is 193 Å². The van der Waals surface area contributed by atoms with Crippen LogP contribution in [0.5, 0.6) is 5.75 Å². The van der Waals surface area contributed by atoms with E-state index in [2.05, 4.69) is 15.2 Å². The first-order valence-electron chi connectivity index (χ1n) is 11.5. The van der Waals surface area contributed by atoms with E-state index < -0.39 is 17.7 Å². The molecule has 7 heteroatoms. The van der Waals surface area contributed by atoms with Crippen LogP contribution in [0, 0.1) is 11.6 Å². The molecule has 1 aliphatic rings. The Morgan fingerprint density at radius 2 is 1.88 bits per heavy atom. The van der Waals surface area contributed by atoms with E-state index in [1.807, 2.05) is 24.3 Å². The molecule has 0 saturated carbocycles. The van der Waals surface area contributed by atoms with Gasteiger partial charge in [0.05, 0.1) is 18.7 Å². The number of β-amino-alcohol motifs (C(OH)–C–C–N with tert-alkyl or cyclic N) is 1. The molecule has 0 spiro atoms. The summed E-state index contributed by atoms with van der Waals surface area (Å²) in [6.07, 6.45) is 4.64. The van der Waals surface area contributed by atoms with Gasteiger partial charge in [-0.2, -0.15) is 0 Å². The third-order valence-corrected chi connectivity index (χ3v) is 6.36. The first-order valence-corrected chi connectivity index (χ1v) is 11.5. The van der Waals surface area contributed by atoms with E-state index in [0.717, 1.165) is 67.2 Å². The number of hydrogen-bond donors (Lipinski definition) is 2. The van der Waals surface area contributed by atoms with Crippen molar-refractivity contribution in [1.82, 2.24) is 15.2 Å². The quantitative estimate of drug-likeness (QED) is 0.473. The lowest BCUT2D eigenvalue weighted by molar-refractivity contribution is 0.0950. The number of halogens is 2. The highest BCUT2D eigenvalue weighted by atomic mass is 19.1. The number of hydrogen-bond acceptors (Lipinski definition) is 5. The van der Waals surface area contributed by atoms with Crippen LogP contribution in [0.4, 0.5) is 8.78 Å². The van der Waals surface area contributed by atoms with E-state index in [0.29, 0.717) is 24.6 Å². The molecule has 5 nitrogen and oxygen atoms in total. The molecule has 2 aromatic carbocycles. The van der Waals surface area contributed by atoms with Crippen LogP contribution in [0.3, 0.4) is 0 Å². The zero-order valence-corrected chi connectivity index (χ0v) is 18.9. The molecule has 1 atom stereocenters. The lowest BCUT2D eigenvalue weighted by Gasteiger charge is -2.33. The van der Waals surface area contributed by atoms with Gasteiger partial charge in [-0.1, -0.05) is 0 Å². The smallest absolute Gasteiger partial charge is 0.126 e. The molecule has 1 saturated heterocycles. The summed E-state index contributed by atoms with van der Waals surface area (Å²) in [7, 11) is 1.63. The number of aliphatic hydroxyl groups excluding tert-OH is 1. The molecule has 176 valence electrons. The second-order valence-electron chi connectivity index (χ2n) is 8.71. The number of benzene rings is 2. The van der Waals surface area contributed by atoms with Gasteiger partial charge in [-0.15, -0.1) is 0 Å². The maximum Gasteiger partial charge on any atom is 0.126 e. The summed E-state index contributed by atoms with van der Waals surface area (Å²) in [6.45, 7) is 3.22. The van der Waals surface area contributed by atoms with Crippen molar-refractivity contribution in [3.63, 3.8) is 0 Å². The number of aryl methyl sites for hydroxylation is 1. The molecule has 0 aliphatic carbocycles. The minimum Gasteiger partial charge on any atom is -0.497 e. The van der Waals surface area contributed by atoms with Gasteiger partial charge < -0.3 is 20.1 Å². The molecule has 1 fully saturated rings. The summed E-state index contributed by atoms with van der Waals surface area (Å²) in [5.74, 6) is -0.295. The molecule has 2 N–H and O–H groups in total. The van der Waals surface area contributed by atoms with Gasteiger partial charge in [-0.25, -0.2) is 8.78 Å². The number of rotatable bonds is 9. The molecular weight excluding hydrogens is 424 g/mol. The normalized spacial score (nSPS) is 16.2. The van der Waals surface area contributed by atoms with Gasteiger partial charge in [-0.3, -0.25) is 4.98 Å². The van der Waals surface area contributed by atoms with E-state index in [9.17, 15) is 13.9 Å². The molecule has 0 bridgehead atoms. The van der Waals surface area contributed by atoms with Crippen LogP contribution in [0.1, 0.15) is 36.5 Å². The minimum atomic E-state index is -0.598. The number of aliphatic hydroxyl groups is 1. The lowest BCUT2D eigenvalue weighted by atomic mass is 10.0. The van der Waals surface area contributed by atoms with Gasteiger partial charge in [0.1, 0.15) is 17.4 Å². The standard InChI is InChI=1S/C26H31F2N3O2/c1-33-22-4-5-25-24(16-22)23(6-10-30-25)26(32)17-31-11-7-21(8-12-31)29-9-2-3-18-13-19(27)15-20(28)14-18/h4-6,10,13-16,21,26,29,32H,2-3,7-9,11-12,17H2,1H3/t26-/m0/s1. The third kappa shape index (κ3) is 6.25. The second kappa shape index (κ2) is 11.0. The predicted octanol–water partition coefficient (Wildman–Crippen LogP) is 4.24. The monoisotopic (exact) mass is 455 g/mol. The maximum atomic E-state index is 13.3. The van der Waals surface area contributed by atoms with Crippen molar-refractivity contribution >= 4 is 10.9 Å². The Kier molecular flexibility index (Phi) is 7.85. The highest BCUT2D eigenvalue weighted by molar-refractivity contribution is 5.83. The molecule has 3 aromatic rings. The lowest BCUT2D eigenvalue weighted by Crippen LogP contribution is -2.44. The number of fused-ring (bicyclic) bond motifs is 1. The van der Waals surface area contributed by atoms with Crippen molar-refractivity contribution in [1.29, 1.82) is 0 Å². The molecule has 0 radical (unpaired) electrons. The maximum absolute atomic E-state index is 13.3. The molecule has 4 rings (SSSR count). The van der Waals surface area contributed by atoms with Crippen LogP contribution in [-0.4, -0.2) is 54.3 Å². The Balaban J connectivity index is 1.23. The van der Waals surface area contributed by atoms with Crippen LogP contribution in [-0.2, 0) is 6.42 Å². The van der Waals surface area contributed by atoms with Crippen LogP contribution in [0.15, 0.2) is 48.7 Å². The van der Waals surface area contributed by atoms with Crippen LogP contribution < -0.4 is 10.1 Å². The number of methoxy groups -OCH3 is 1. The predicted molar refractivity (Wildman–Crippen MR) is 125 cm³/mol. The molecule has 1 aliphatic heterocycles. The Morgan fingerprint density at radius 3 is 2.61 bits per heavy atom. The number of piperidine rings is 1. The van der Waals surface area contributed by atoms with Gasteiger partial charge >= 0.3 is 0 Å². The fraction of sp³-hybridized carbons (Fsp3) is 0.423. The summed E-state index contributed by atoms with van der Waals surface area (Å²) in [4.78, 5) is 6.69. The van der Waals surface area contributed by atoms with Crippen LogP contribution >= 0.6 is 0 Å². The number of pyridine rings is 1. The van der Waals surface area contributed by atoms with Gasteiger partial charge in [0, 0.05) is 30.2 Å². The van der Waals surface area contributed by atoms with Crippen molar-refractivity contribution in [2.24, 2.45) is 0 Å². The summed E-state index contributed by atoms with van der Waals surface area (Å²) in [5.41, 5.74) is 2.41. The van der Waals surface area contributed by atoms with Crippen molar-refractivity contribution in [2.75, 3.05) is 33.3 Å². The van der Waals surface area contributed by atoms with Crippen LogP contribution in [0.2, 0.25) is 0 Å². The van der Waals surface area contributed by atoms with E-state index in [1.165, 1.54) is 12.1 Å². The third-order valence-electron chi connectivity index (χ3n) is 6.36. The number of likely N-dealkylation sites (tertiary alicyclic amines) is 1. The fourth-order valence-electron chi connectivity index (χ4n) is 4.58. The molecule has 0 unspecified atom stereocenters. The number of ether oxygens (including phenoxy) is 1. The topological polar surface area (TPSA) is 57.6 Å². The van der Waals surface area contributed by atoms with Gasteiger partial charge in [0.15, 0.2) is 0 Å². The largest absolute Gasteiger partial charge is 0.497 e. The van der Waals surface area contributed by atoms with Crippen molar-refractivity contribution in [2.45, 2.75) is 37.8 Å². The van der Waals surface area contributed by atoms with Gasteiger partial charge in [-0.05, 0) is 92.8 Å². The Morgan fingerprint density at radius 1 is 1.12 bits per heavy atom. The van der Waals surface area contributed by atoms with Gasteiger partial charge in [0.2, 0.25) is 0 Å². The Hall–Kier alpha value is -2.61. The molecule has 2 heterocycles.